The van der Waals surface area contributed by atoms with Crippen LogP contribution < -0.4 is 0 Å². The van der Waals surface area contributed by atoms with Crippen molar-refractivity contribution in [2.24, 2.45) is 0 Å². The molecule has 11 heavy (non-hydrogen) atoms. The minimum Gasteiger partial charge on any atom is -0.495 e. The molecule has 0 amide bonds. The molecule has 4 heteroatoms. The fourth-order valence-corrected chi connectivity index (χ4v) is 0.876. The highest BCUT2D eigenvalue weighted by molar-refractivity contribution is 5.50. The van der Waals surface area contributed by atoms with Gasteiger partial charge in [0, 0.05) is 18.1 Å². The molecule has 0 fully saturated rings. The third-order valence-electron chi connectivity index (χ3n) is 1.39. The van der Waals surface area contributed by atoms with E-state index in [1.165, 1.54) is 6.07 Å². The third kappa shape index (κ3) is 1.73. The number of hydrogen-bond acceptors (Lipinski definition) is 3. The van der Waals surface area contributed by atoms with E-state index in [0.717, 1.165) is 6.29 Å². The zero-order valence-electron chi connectivity index (χ0n) is 5.87. The van der Waals surface area contributed by atoms with E-state index in [0.29, 0.717) is 18.4 Å². The van der Waals surface area contributed by atoms with Gasteiger partial charge < -0.3 is 15.0 Å². The van der Waals surface area contributed by atoms with Crippen LogP contribution >= 0.6 is 0 Å². The van der Waals surface area contributed by atoms with E-state index in [-0.39, 0.29) is 11.8 Å². The number of aromatic nitrogens is 1. The molecule has 60 valence electrons. The van der Waals surface area contributed by atoms with E-state index in [1.54, 1.807) is 0 Å². The molecule has 0 saturated heterocycles. The molecular formula is C7H9NO3. The molecule has 0 atom stereocenters. The van der Waals surface area contributed by atoms with Gasteiger partial charge in [0.2, 0.25) is 0 Å². The van der Waals surface area contributed by atoms with Gasteiger partial charge >= 0.3 is 0 Å². The van der Waals surface area contributed by atoms with E-state index in [1.807, 2.05) is 0 Å². The second-order valence-electron chi connectivity index (χ2n) is 2.23. The second-order valence-corrected chi connectivity index (χ2v) is 2.23. The zero-order valence-corrected chi connectivity index (χ0v) is 5.87. The number of aldehydes is 1. The smallest absolute Gasteiger partial charge is 0.194 e. The average Bonchev–Trinajstić information content (AvgIpc) is 2.26. The molecule has 0 aliphatic heterocycles. The number of aryl methyl sites for hydroxylation is 1. The first-order valence-electron chi connectivity index (χ1n) is 3.27. The number of H-pyrrole nitrogens is 1. The Balaban J connectivity index is 2.69. The van der Waals surface area contributed by atoms with Gasteiger partial charge in [-0.05, 0) is 6.42 Å². The van der Waals surface area contributed by atoms with Gasteiger partial charge in [-0.1, -0.05) is 0 Å². The third-order valence-corrected chi connectivity index (χ3v) is 1.39. The Kier molecular flexibility index (Phi) is 2.15. The van der Waals surface area contributed by atoms with Gasteiger partial charge in [0.1, 0.15) is 6.29 Å². The predicted octanol–water partition coefficient (Wildman–Crippen LogP) is 0.557. The molecule has 0 aliphatic carbocycles. The van der Waals surface area contributed by atoms with Crippen LogP contribution in [0.3, 0.4) is 0 Å². The number of aromatic amines is 1. The zero-order chi connectivity index (χ0) is 8.27. The summed E-state index contributed by atoms with van der Waals surface area (Å²) in [4.78, 5) is 12.3. The maximum Gasteiger partial charge on any atom is 0.194 e. The van der Waals surface area contributed by atoms with Crippen LogP contribution in [0.5, 0.6) is 11.8 Å². The van der Waals surface area contributed by atoms with Crippen LogP contribution in [0.25, 0.3) is 0 Å². The highest BCUT2D eigenvalue weighted by Gasteiger charge is 2.04. The SMILES string of the molecule is O=CCCc1cc(O)[nH]c1O. The van der Waals surface area contributed by atoms with Crippen LogP contribution in [0.15, 0.2) is 6.07 Å². The summed E-state index contributed by atoms with van der Waals surface area (Å²) in [6.45, 7) is 0. The molecule has 1 aromatic rings. The molecule has 0 aliphatic rings. The molecule has 0 bridgehead atoms. The topological polar surface area (TPSA) is 73.3 Å². The maximum absolute atomic E-state index is 9.94. The van der Waals surface area contributed by atoms with Crippen molar-refractivity contribution < 1.29 is 15.0 Å². The van der Waals surface area contributed by atoms with Gasteiger partial charge in [0.25, 0.3) is 0 Å². The quantitative estimate of drug-likeness (QED) is 0.558. The van der Waals surface area contributed by atoms with E-state index < -0.39 is 0 Å². The minimum atomic E-state index is -0.0802. The van der Waals surface area contributed by atoms with Gasteiger partial charge in [0.15, 0.2) is 11.8 Å². The molecule has 4 nitrogen and oxygen atoms in total. The fourth-order valence-electron chi connectivity index (χ4n) is 0.876. The average molecular weight is 155 g/mol. The summed E-state index contributed by atoms with van der Waals surface area (Å²) in [5, 5.41) is 17.9. The van der Waals surface area contributed by atoms with Crippen LogP contribution in [-0.4, -0.2) is 21.5 Å². The summed E-state index contributed by atoms with van der Waals surface area (Å²) in [6, 6.07) is 1.40. The van der Waals surface area contributed by atoms with Gasteiger partial charge in [-0.3, -0.25) is 4.98 Å². The van der Waals surface area contributed by atoms with E-state index in [9.17, 15) is 4.79 Å². The normalized spacial score (nSPS) is 9.82. The van der Waals surface area contributed by atoms with Crippen LogP contribution in [0, 0.1) is 0 Å². The van der Waals surface area contributed by atoms with Crippen LogP contribution in [0.2, 0.25) is 0 Å². The lowest BCUT2D eigenvalue weighted by atomic mass is 10.2. The molecule has 1 heterocycles. The Morgan fingerprint density at radius 2 is 2.27 bits per heavy atom. The van der Waals surface area contributed by atoms with E-state index in [2.05, 4.69) is 4.98 Å². The van der Waals surface area contributed by atoms with Crippen LogP contribution in [-0.2, 0) is 11.2 Å². The van der Waals surface area contributed by atoms with E-state index >= 15 is 0 Å². The summed E-state index contributed by atoms with van der Waals surface area (Å²) >= 11 is 0. The number of aromatic hydroxyl groups is 2. The van der Waals surface area contributed by atoms with Crippen molar-refractivity contribution in [1.82, 2.24) is 4.98 Å². The largest absolute Gasteiger partial charge is 0.495 e. The van der Waals surface area contributed by atoms with Gasteiger partial charge in [-0.2, -0.15) is 0 Å². The van der Waals surface area contributed by atoms with Crippen molar-refractivity contribution in [2.75, 3.05) is 0 Å². The first-order chi connectivity index (χ1) is 5.24. The summed E-state index contributed by atoms with van der Waals surface area (Å²) in [7, 11) is 0. The van der Waals surface area contributed by atoms with Crippen LogP contribution in [0.1, 0.15) is 12.0 Å². The molecule has 0 aromatic carbocycles. The lowest BCUT2D eigenvalue weighted by molar-refractivity contribution is -0.107. The Bertz CT molecular complexity index is 254. The van der Waals surface area contributed by atoms with Crippen molar-refractivity contribution in [3.8, 4) is 11.8 Å². The first kappa shape index (κ1) is 7.65. The predicted molar refractivity (Wildman–Crippen MR) is 38.5 cm³/mol. The van der Waals surface area contributed by atoms with Gasteiger partial charge in [0.05, 0.1) is 0 Å². The number of carbonyl (C=O) groups is 1. The lowest BCUT2D eigenvalue weighted by Gasteiger charge is -1.90. The number of hydrogen-bond donors (Lipinski definition) is 3. The first-order valence-corrected chi connectivity index (χ1v) is 3.27. The Hall–Kier alpha value is -1.45. The Morgan fingerprint density at radius 1 is 1.55 bits per heavy atom. The van der Waals surface area contributed by atoms with Crippen molar-refractivity contribution >= 4 is 6.29 Å². The van der Waals surface area contributed by atoms with Gasteiger partial charge in [-0.15, -0.1) is 0 Å². The number of nitrogens with one attached hydrogen (secondary N) is 1. The molecule has 0 spiro atoms. The lowest BCUT2D eigenvalue weighted by Crippen LogP contribution is -1.82. The van der Waals surface area contributed by atoms with Crippen molar-refractivity contribution in [2.45, 2.75) is 12.8 Å². The number of rotatable bonds is 3. The Morgan fingerprint density at radius 3 is 2.73 bits per heavy atom. The summed E-state index contributed by atoms with van der Waals surface area (Å²) in [6.07, 6.45) is 1.57. The molecule has 0 unspecified atom stereocenters. The van der Waals surface area contributed by atoms with Crippen LogP contribution in [0.4, 0.5) is 0 Å². The van der Waals surface area contributed by atoms with Crippen molar-refractivity contribution in [3.63, 3.8) is 0 Å². The highest BCUT2D eigenvalue weighted by atomic mass is 16.3. The molecule has 0 radical (unpaired) electrons. The molecule has 0 saturated carbocycles. The maximum atomic E-state index is 9.94. The fraction of sp³-hybridized carbons (Fsp3) is 0.286. The molecule has 3 N–H and O–H groups in total. The molecule has 1 aromatic heterocycles. The summed E-state index contributed by atoms with van der Waals surface area (Å²) in [5.74, 6) is -0.146. The number of carbonyl (C=O) groups excluding carboxylic acids is 1. The van der Waals surface area contributed by atoms with Crippen molar-refractivity contribution in [3.05, 3.63) is 11.6 Å². The van der Waals surface area contributed by atoms with Gasteiger partial charge in [-0.25, -0.2) is 0 Å². The second kappa shape index (κ2) is 3.09. The van der Waals surface area contributed by atoms with E-state index in [4.69, 9.17) is 10.2 Å². The van der Waals surface area contributed by atoms with Crippen molar-refractivity contribution in [1.29, 1.82) is 0 Å². The monoisotopic (exact) mass is 155 g/mol. The highest BCUT2D eigenvalue weighted by Crippen LogP contribution is 2.22. The summed E-state index contributed by atoms with van der Waals surface area (Å²) in [5.41, 5.74) is 0.564. The summed E-state index contributed by atoms with van der Waals surface area (Å²) < 4.78 is 0. The molecule has 1 rings (SSSR count). The standard InChI is InChI=1S/C7H9NO3/c9-3-1-2-5-4-6(10)8-7(5)11/h3-4,8,10-11H,1-2H2. The minimum absolute atomic E-state index is 0.0654. The Labute approximate surface area is 63.5 Å². The molecular weight excluding hydrogens is 146 g/mol.